The van der Waals surface area contributed by atoms with Gasteiger partial charge in [-0.1, -0.05) is 18.2 Å². The minimum Gasteiger partial charge on any atom is -0.261 e. The molecule has 0 saturated heterocycles. The summed E-state index contributed by atoms with van der Waals surface area (Å²) in [6, 6.07) is 8.59. The van der Waals surface area contributed by atoms with Crippen LogP contribution in [0.5, 0.6) is 0 Å². The molecule has 0 N–H and O–H groups in total. The summed E-state index contributed by atoms with van der Waals surface area (Å²) in [6.45, 7) is 0. The van der Waals surface area contributed by atoms with Crippen LogP contribution < -0.4 is 0 Å². The van der Waals surface area contributed by atoms with Crippen LogP contribution in [0.25, 0.3) is 0 Å². The third kappa shape index (κ3) is 1.03. The fraction of sp³-hybridized carbons (Fsp3) is 0.417. The van der Waals surface area contributed by atoms with Gasteiger partial charge in [-0.15, -0.1) is 0 Å². The van der Waals surface area contributed by atoms with Crippen molar-refractivity contribution in [2.75, 3.05) is 0 Å². The average molecular weight is 171 g/mol. The maximum Gasteiger partial charge on any atom is 0.0660 e. The predicted octanol–water partition coefficient (Wildman–Crippen LogP) is 3.29. The Morgan fingerprint density at radius 3 is 2.92 bits per heavy atom. The van der Waals surface area contributed by atoms with E-state index in [0.29, 0.717) is 0 Å². The van der Waals surface area contributed by atoms with Gasteiger partial charge in [0.2, 0.25) is 0 Å². The van der Waals surface area contributed by atoms with Gasteiger partial charge < -0.3 is 0 Å². The zero-order chi connectivity index (χ0) is 8.67. The molecule has 3 rings (SSSR count). The normalized spacial score (nSPS) is 29.8. The van der Waals surface area contributed by atoms with Gasteiger partial charge in [-0.05, 0) is 42.7 Å². The lowest BCUT2D eigenvalue weighted by Crippen LogP contribution is -2.23. The number of fused-ring (bicyclic) bond motifs is 3. The third-order valence-corrected chi connectivity index (χ3v) is 3.39. The van der Waals surface area contributed by atoms with Gasteiger partial charge >= 0.3 is 0 Å². The fourth-order valence-electron chi connectivity index (χ4n) is 2.47. The molecule has 1 nitrogen and oxygen atoms in total. The van der Waals surface area contributed by atoms with Crippen molar-refractivity contribution in [2.45, 2.75) is 25.2 Å². The van der Waals surface area contributed by atoms with Gasteiger partial charge in [-0.25, -0.2) is 0 Å². The number of hydrogen-bond acceptors (Lipinski definition) is 1. The van der Waals surface area contributed by atoms with Crippen LogP contribution in [0.4, 0.5) is 5.69 Å². The molecular weight excluding hydrogens is 158 g/mol. The Balaban J connectivity index is 2.11. The molecule has 1 aliphatic carbocycles. The summed E-state index contributed by atoms with van der Waals surface area (Å²) in [5, 5.41) is 0. The summed E-state index contributed by atoms with van der Waals surface area (Å²) in [5.41, 5.74) is 2.68. The summed E-state index contributed by atoms with van der Waals surface area (Å²) in [4.78, 5) is 4.50. The molecule has 1 aromatic rings. The van der Waals surface area contributed by atoms with E-state index in [1.807, 2.05) is 0 Å². The number of nitrogens with zero attached hydrogens (tertiary/aromatic N) is 1. The Bertz CT molecular complexity index is 354. The average Bonchev–Trinajstić information content (AvgIpc) is 2.23. The highest BCUT2D eigenvalue weighted by Crippen LogP contribution is 2.48. The molecule has 0 amide bonds. The van der Waals surface area contributed by atoms with Crippen molar-refractivity contribution in [1.82, 2.24) is 0 Å². The van der Waals surface area contributed by atoms with Crippen molar-refractivity contribution in [2.24, 2.45) is 10.9 Å². The Morgan fingerprint density at radius 1 is 1.15 bits per heavy atom. The Labute approximate surface area is 78.5 Å². The highest BCUT2D eigenvalue weighted by atomic mass is 14.7. The number of para-hydroxylation sites is 1. The summed E-state index contributed by atoms with van der Waals surface area (Å²) >= 11 is 0. The molecule has 13 heavy (non-hydrogen) atoms. The topological polar surface area (TPSA) is 12.4 Å². The van der Waals surface area contributed by atoms with Gasteiger partial charge in [0, 0.05) is 6.21 Å². The van der Waals surface area contributed by atoms with Crippen molar-refractivity contribution in [3.8, 4) is 0 Å². The SMILES string of the molecule is C1=Nc2ccccc2C2CC[C@@H]2C1. The molecular formula is C12H13N. The second-order valence-electron chi connectivity index (χ2n) is 4.05. The Morgan fingerprint density at radius 2 is 2.08 bits per heavy atom. The minimum atomic E-state index is 0.804. The van der Waals surface area contributed by atoms with Gasteiger partial charge in [-0.3, -0.25) is 4.99 Å². The van der Waals surface area contributed by atoms with Crippen molar-refractivity contribution >= 4 is 11.9 Å². The molecule has 1 saturated carbocycles. The molecule has 2 atom stereocenters. The fourth-order valence-corrected chi connectivity index (χ4v) is 2.47. The van der Waals surface area contributed by atoms with Crippen LogP contribution >= 0.6 is 0 Å². The molecule has 2 aliphatic rings. The number of hydrogen-bond donors (Lipinski definition) is 0. The van der Waals surface area contributed by atoms with Gasteiger partial charge in [-0.2, -0.15) is 0 Å². The number of aliphatic imine (C=N–C) groups is 1. The monoisotopic (exact) mass is 171 g/mol. The van der Waals surface area contributed by atoms with Gasteiger partial charge in [0.1, 0.15) is 0 Å². The van der Waals surface area contributed by atoms with Crippen molar-refractivity contribution in [1.29, 1.82) is 0 Å². The van der Waals surface area contributed by atoms with E-state index in [4.69, 9.17) is 0 Å². The Hall–Kier alpha value is -1.11. The maximum atomic E-state index is 4.50. The van der Waals surface area contributed by atoms with Crippen molar-refractivity contribution < 1.29 is 0 Å². The Kier molecular flexibility index (Phi) is 1.51. The second kappa shape index (κ2) is 2.69. The van der Waals surface area contributed by atoms with Crippen molar-refractivity contribution in [3.05, 3.63) is 29.8 Å². The molecule has 0 aromatic heterocycles. The number of rotatable bonds is 0. The standard InChI is InChI=1S/C12H13N/c1-2-4-12-11(3-1)10-6-5-9(10)7-8-13-12/h1-4,8-10H,5-7H2/t9-,10?/m1/s1. The molecule has 1 fully saturated rings. The van der Waals surface area contributed by atoms with Crippen LogP contribution in [-0.2, 0) is 0 Å². The summed E-state index contributed by atoms with van der Waals surface area (Å²) in [6.07, 6.45) is 6.04. The van der Waals surface area contributed by atoms with E-state index in [2.05, 4.69) is 35.5 Å². The molecule has 1 heteroatoms. The third-order valence-electron chi connectivity index (χ3n) is 3.39. The minimum absolute atomic E-state index is 0.804. The van der Waals surface area contributed by atoms with Crippen LogP contribution in [0.2, 0.25) is 0 Å². The smallest absolute Gasteiger partial charge is 0.0660 e. The first kappa shape index (κ1) is 7.31. The lowest BCUT2D eigenvalue weighted by molar-refractivity contribution is 0.268. The predicted molar refractivity (Wildman–Crippen MR) is 54.7 cm³/mol. The van der Waals surface area contributed by atoms with E-state index in [0.717, 1.165) is 11.8 Å². The molecule has 0 bridgehead atoms. The zero-order valence-corrected chi connectivity index (χ0v) is 7.61. The van der Waals surface area contributed by atoms with E-state index in [1.165, 1.54) is 30.5 Å². The molecule has 1 unspecified atom stereocenters. The first-order valence-corrected chi connectivity index (χ1v) is 5.06. The molecule has 0 spiro atoms. The lowest BCUT2D eigenvalue weighted by atomic mass is 9.69. The van der Waals surface area contributed by atoms with Crippen LogP contribution in [0.3, 0.4) is 0 Å². The molecule has 1 aromatic carbocycles. The van der Waals surface area contributed by atoms with E-state index >= 15 is 0 Å². The molecule has 66 valence electrons. The zero-order valence-electron chi connectivity index (χ0n) is 7.61. The van der Waals surface area contributed by atoms with E-state index < -0.39 is 0 Å². The van der Waals surface area contributed by atoms with E-state index in [-0.39, 0.29) is 0 Å². The second-order valence-corrected chi connectivity index (χ2v) is 4.05. The highest BCUT2D eigenvalue weighted by molar-refractivity contribution is 5.68. The maximum absolute atomic E-state index is 4.50. The summed E-state index contributed by atoms with van der Waals surface area (Å²) < 4.78 is 0. The first-order chi connectivity index (χ1) is 6.45. The van der Waals surface area contributed by atoms with Gasteiger partial charge in [0.05, 0.1) is 5.69 Å². The largest absolute Gasteiger partial charge is 0.261 e. The van der Waals surface area contributed by atoms with Crippen LogP contribution in [0.1, 0.15) is 30.7 Å². The highest BCUT2D eigenvalue weighted by Gasteiger charge is 2.33. The van der Waals surface area contributed by atoms with E-state index in [9.17, 15) is 0 Å². The van der Waals surface area contributed by atoms with Crippen LogP contribution in [0, 0.1) is 5.92 Å². The van der Waals surface area contributed by atoms with Gasteiger partial charge in [0.15, 0.2) is 0 Å². The van der Waals surface area contributed by atoms with Crippen molar-refractivity contribution in [3.63, 3.8) is 0 Å². The van der Waals surface area contributed by atoms with E-state index in [1.54, 1.807) is 0 Å². The van der Waals surface area contributed by atoms with Crippen LogP contribution in [0.15, 0.2) is 29.3 Å². The molecule has 1 aliphatic heterocycles. The number of benzene rings is 1. The van der Waals surface area contributed by atoms with Crippen LogP contribution in [-0.4, -0.2) is 6.21 Å². The summed E-state index contributed by atoms with van der Waals surface area (Å²) in [5.74, 6) is 1.69. The first-order valence-electron chi connectivity index (χ1n) is 5.06. The summed E-state index contributed by atoms with van der Waals surface area (Å²) in [7, 11) is 0. The van der Waals surface area contributed by atoms with Gasteiger partial charge in [0.25, 0.3) is 0 Å². The quantitative estimate of drug-likeness (QED) is 0.568. The lowest BCUT2D eigenvalue weighted by Gasteiger charge is -2.35. The molecule has 0 radical (unpaired) electrons. The molecule has 1 heterocycles.